The lowest BCUT2D eigenvalue weighted by Crippen LogP contribution is -2.46. The zero-order valence-corrected chi connectivity index (χ0v) is 13.7. The average Bonchev–Trinajstić information content (AvgIpc) is 2.96. The zero-order valence-electron chi connectivity index (χ0n) is 12.2. The lowest BCUT2D eigenvalue weighted by molar-refractivity contribution is -0.131. The van der Waals surface area contributed by atoms with Gasteiger partial charge in [0.15, 0.2) is 0 Å². The van der Waals surface area contributed by atoms with Crippen LogP contribution in [-0.4, -0.2) is 34.9 Å². The first-order valence-electron chi connectivity index (χ1n) is 7.36. The second kappa shape index (κ2) is 6.77. The highest BCUT2D eigenvalue weighted by molar-refractivity contribution is 7.13. The number of hydrogen-bond donors (Lipinski definition) is 1. The van der Waals surface area contributed by atoms with Gasteiger partial charge < -0.3 is 10.6 Å². The molecule has 1 amide bonds. The number of hydrogen-bond acceptors (Lipinski definition) is 4. The smallest absolute Gasteiger partial charge is 0.228 e. The number of benzene rings is 1. The molecule has 1 saturated heterocycles. The minimum absolute atomic E-state index is 0.103. The highest BCUT2D eigenvalue weighted by Gasteiger charge is 2.22. The standard InChI is InChI=1S/C16H18ClN3OS/c17-14-6-2-1-5-13(14)16-19-12(10-22-16)8-15(21)20-7-3-4-11(18)9-20/h1-2,5-6,10-11H,3-4,7-9,18H2/t11-/m1/s1. The summed E-state index contributed by atoms with van der Waals surface area (Å²) in [6, 6.07) is 7.72. The van der Waals surface area contributed by atoms with E-state index in [9.17, 15) is 4.79 Å². The molecule has 0 saturated carbocycles. The SMILES string of the molecule is N[C@@H]1CCCN(C(=O)Cc2csc(-c3ccccc3Cl)n2)C1. The molecule has 0 aliphatic carbocycles. The summed E-state index contributed by atoms with van der Waals surface area (Å²) >= 11 is 7.70. The predicted molar refractivity (Wildman–Crippen MR) is 90.1 cm³/mol. The number of amides is 1. The summed E-state index contributed by atoms with van der Waals surface area (Å²) in [5.74, 6) is 0.103. The number of rotatable bonds is 3. The van der Waals surface area contributed by atoms with Crippen LogP contribution in [0.3, 0.4) is 0 Å². The number of carbonyl (C=O) groups excluding carboxylic acids is 1. The van der Waals surface area contributed by atoms with Gasteiger partial charge in [-0.05, 0) is 18.9 Å². The maximum Gasteiger partial charge on any atom is 0.228 e. The van der Waals surface area contributed by atoms with Crippen LogP contribution in [0.1, 0.15) is 18.5 Å². The molecule has 2 heterocycles. The fourth-order valence-electron chi connectivity index (χ4n) is 2.65. The lowest BCUT2D eigenvalue weighted by atomic mass is 10.1. The van der Waals surface area contributed by atoms with Gasteiger partial charge in [0, 0.05) is 30.1 Å². The summed E-state index contributed by atoms with van der Waals surface area (Å²) in [6.07, 6.45) is 2.31. The third kappa shape index (κ3) is 3.48. The van der Waals surface area contributed by atoms with Gasteiger partial charge in [0.1, 0.15) is 5.01 Å². The number of carbonyl (C=O) groups is 1. The Labute approximate surface area is 138 Å². The molecular weight excluding hydrogens is 318 g/mol. The maximum atomic E-state index is 12.3. The molecule has 0 spiro atoms. The van der Waals surface area contributed by atoms with Gasteiger partial charge in [-0.2, -0.15) is 0 Å². The van der Waals surface area contributed by atoms with E-state index in [1.807, 2.05) is 34.5 Å². The molecule has 2 N–H and O–H groups in total. The summed E-state index contributed by atoms with van der Waals surface area (Å²) < 4.78 is 0. The molecular formula is C16H18ClN3OS. The number of likely N-dealkylation sites (tertiary alicyclic amines) is 1. The van der Waals surface area contributed by atoms with Crippen LogP contribution >= 0.6 is 22.9 Å². The Balaban J connectivity index is 1.69. The number of halogens is 1. The van der Waals surface area contributed by atoms with Crippen LogP contribution in [0, 0.1) is 0 Å². The van der Waals surface area contributed by atoms with Crippen molar-refractivity contribution in [1.29, 1.82) is 0 Å². The van der Waals surface area contributed by atoms with Crippen LogP contribution in [0.2, 0.25) is 5.02 Å². The van der Waals surface area contributed by atoms with Gasteiger partial charge >= 0.3 is 0 Å². The van der Waals surface area contributed by atoms with Crippen molar-refractivity contribution < 1.29 is 4.79 Å². The summed E-state index contributed by atoms with van der Waals surface area (Å²) in [7, 11) is 0. The molecule has 4 nitrogen and oxygen atoms in total. The van der Waals surface area contributed by atoms with Crippen molar-refractivity contribution in [3.63, 3.8) is 0 Å². The number of nitrogens with zero attached hydrogens (tertiary/aromatic N) is 2. The van der Waals surface area contributed by atoms with Gasteiger partial charge in [0.05, 0.1) is 17.1 Å². The molecule has 2 aromatic rings. The molecule has 1 fully saturated rings. The maximum absolute atomic E-state index is 12.3. The van der Waals surface area contributed by atoms with Crippen LogP contribution in [-0.2, 0) is 11.2 Å². The van der Waals surface area contributed by atoms with Crippen molar-refractivity contribution in [2.75, 3.05) is 13.1 Å². The van der Waals surface area contributed by atoms with E-state index < -0.39 is 0 Å². The monoisotopic (exact) mass is 335 g/mol. The number of aromatic nitrogens is 1. The first-order valence-corrected chi connectivity index (χ1v) is 8.62. The summed E-state index contributed by atoms with van der Waals surface area (Å²) in [5, 5.41) is 3.46. The van der Waals surface area contributed by atoms with Gasteiger partial charge in [-0.25, -0.2) is 4.98 Å². The van der Waals surface area contributed by atoms with Crippen LogP contribution in [0.15, 0.2) is 29.6 Å². The number of piperidine rings is 1. The van der Waals surface area contributed by atoms with Crippen LogP contribution < -0.4 is 5.73 Å². The Hall–Kier alpha value is -1.43. The van der Waals surface area contributed by atoms with E-state index in [0.29, 0.717) is 18.0 Å². The summed E-state index contributed by atoms with van der Waals surface area (Å²) in [6.45, 7) is 1.45. The molecule has 0 unspecified atom stereocenters. The fraction of sp³-hybridized carbons (Fsp3) is 0.375. The molecule has 3 rings (SSSR count). The Kier molecular flexibility index (Phi) is 4.76. The third-order valence-corrected chi connectivity index (χ3v) is 5.05. The molecule has 0 bridgehead atoms. The van der Waals surface area contributed by atoms with Gasteiger partial charge in [-0.15, -0.1) is 11.3 Å². The second-order valence-corrected chi connectivity index (χ2v) is 6.81. The molecule has 0 radical (unpaired) electrons. The number of nitrogens with two attached hydrogens (primary N) is 1. The molecule has 22 heavy (non-hydrogen) atoms. The first-order chi connectivity index (χ1) is 10.6. The molecule has 116 valence electrons. The first kappa shape index (κ1) is 15.5. The van der Waals surface area contributed by atoms with Crippen LogP contribution in [0.25, 0.3) is 10.6 Å². The van der Waals surface area contributed by atoms with Crippen LogP contribution in [0.5, 0.6) is 0 Å². The van der Waals surface area contributed by atoms with Crippen molar-refractivity contribution in [3.8, 4) is 10.6 Å². The summed E-state index contributed by atoms with van der Waals surface area (Å²) in [4.78, 5) is 18.7. The van der Waals surface area contributed by atoms with Crippen molar-refractivity contribution in [3.05, 3.63) is 40.4 Å². The number of thiazole rings is 1. The van der Waals surface area contributed by atoms with E-state index in [1.165, 1.54) is 11.3 Å². The van der Waals surface area contributed by atoms with E-state index in [0.717, 1.165) is 35.7 Å². The average molecular weight is 336 g/mol. The normalized spacial score (nSPS) is 18.5. The molecule has 6 heteroatoms. The van der Waals surface area contributed by atoms with E-state index in [4.69, 9.17) is 17.3 Å². The van der Waals surface area contributed by atoms with E-state index in [1.54, 1.807) is 0 Å². The highest BCUT2D eigenvalue weighted by Crippen LogP contribution is 2.30. The Morgan fingerprint density at radius 1 is 1.45 bits per heavy atom. The molecule has 1 atom stereocenters. The Morgan fingerprint density at radius 3 is 3.05 bits per heavy atom. The van der Waals surface area contributed by atoms with Crippen molar-refractivity contribution >= 4 is 28.8 Å². The third-order valence-electron chi connectivity index (χ3n) is 3.80. The van der Waals surface area contributed by atoms with Crippen molar-refractivity contribution in [1.82, 2.24) is 9.88 Å². The highest BCUT2D eigenvalue weighted by atomic mass is 35.5. The molecule has 1 aromatic heterocycles. The minimum Gasteiger partial charge on any atom is -0.341 e. The lowest BCUT2D eigenvalue weighted by Gasteiger charge is -2.30. The Morgan fingerprint density at radius 2 is 2.27 bits per heavy atom. The van der Waals surface area contributed by atoms with Crippen LogP contribution in [0.4, 0.5) is 0 Å². The molecule has 1 aliphatic heterocycles. The van der Waals surface area contributed by atoms with Gasteiger partial charge in [0.2, 0.25) is 5.91 Å². The van der Waals surface area contributed by atoms with Gasteiger partial charge in [-0.1, -0.05) is 29.8 Å². The van der Waals surface area contributed by atoms with E-state index in [-0.39, 0.29) is 11.9 Å². The second-order valence-electron chi connectivity index (χ2n) is 5.54. The minimum atomic E-state index is 0.103. The van der Waals surface area contributed by atoms with E-state index >= 15 is 0 Å². The Bertz CT molecular complexity index is 673. The van der Waals surface area contributed by atoms with Gasteiger partial charge in [0.25, 0.3) is 0 Å². The zero-order chi connectivity index (χ0) is 15.5. The fourth-order valence-corrected chi connectivity index (χ4v) is 3.79. The topological polar surface area (TPSA) is 59.2 Å². The van der Waals surface area contributed by atoms with Crippen molar-refractivity contribution in [2.45, 2.75) is 25.3 Å². The van der Waals surface area contributed by atoms with E-state index in [2.05, 4.69) is 4.98 Å². The summed E-state index contributed by atoms with van der Waals surface area (Å²) in [5.41, 5.74) is 7.64. The molecule has 1 aliphatic rings. The largest absolute Gasteiger partial charge is 0.341 e. The predicted octanol–water partition coefficient (Wildman–Crippen LogP) is 2.96. The van der Waals surface area contributed by atoms with Gasteiger partial charge in [-0.3, -0.25) is 4.79 Å². The van der Waals surface area contributed by atoms with Crippen molar-refractivity contribution in [2.24, 2.45) is 5.73 Å². The molecule has 1 aromatic carbocycles. The quantitative estimate of drug-likeness (QED) is 0.938.